The fourth-order valence-electron chi connectivity index (χ4n) is 3.16. The maximum Gasteiger partial charge on any atom is 0.246 e. The molecule has 1 aliphatic heterocycles. The summed E-state index contributed by atoms with van der Waals surface area (Å²) in [4.78, 5) is 16.6. The summed E-state index contributed by atoms with van der Waals surface area (Å²) < 4.78 is 5.45. The van der Waals surface area contributed by atoms with Gasteiger partial charge in [0.25, 0.3) is 0 Å². The highest BCUT2D eigenvalue weighted by atomic mass is 16.5. The second kappa shape index (κ2) is 8.68. The Morgan fingerprint density at radius 2 is 1.92 bits per heavy atom. The molecule has 1 saturated heterocycles. The van der Waals surface area contributed by atoms with E-state index in [0.29, 0.717) is 6.54 Å². The number of carbonyl (C=O) groups excluding carboxylic acids is 1. The van der Waals surface area contributed by atoms with E-state index in [1.807, 2.05) is 50.4 Å². The Morgan fingerprint density at radius 1 is 1.15 bits per heavy atom. The minimum atomic E-state index is 0.00304. The Kier molecular flexibility index (Phi) is 6.08. The summed E-state index contributed by atoms with van der Waals surface area (Å²) in [5.41, 5.74) is 4.58. The van der Waals surface area contributed by atoms with Crippen LogP contribution in [0.3, 0.4) is 0 Å². The van der Waals surface area contributed by atoms with Crippen LogP contribution in [0.2, 0.25) is 0 Å². The summed E-state index contributed by atoms with van der Waals surface area (Å²) in [7, 11) is 1.85. The lowest BCUT2D eigenvalue weighted by molar-refractivity contribution is -0.125. The molecule has 0 saturated carbocycles. The molecule has 0 aromatic heterocycles. The number of hydrogen-bond donors (Lipinski definition) is 0. The second-order valence-corrected chi connectivity index (χ2v) is 6.67. The van der Waals surface area contributed by atoms with E-state index in [9.17, 15) is 4.79 Å². The summed E-state index contributed by atoms with van der Waals surface area (Å²) in [6, 6.07) is 16.4. The number of hydrogen-bond acceptors (Lipinski definition) is 3. The van der Waals surface area contributed by atoms with Crippen LogP contribution in [-0.4, -0.2) is 44.2 Å². The van der Waals surface area contributed by atoms with Crippen LogP contribution in [0, 0.1) is 6.92 Å². The minimum Gasteiger partial charge on any atom is -0.378 e. The van der Waals surface area contributed by atoms with Crippen LogP contribution in [0.1, 0.15) is 16.7 Å². The van der Waals surface area contributed by atoms with Crippen molar-refractivity contribution >= 4 is 17.7 Å². The van der Waals surface area contributed by atoms with Crippen molar-refractivity contribution in [2.24, 2.45) is 0 Å². The van der Waals surface area contributed by atoms with Gasteiger partial charge in [-0.05, 0) is 30.2 Å². The van der Waals surface area contributed by atoms with Gasteiger partial charge in [0, 0.05) is 38.4 Å². The SMILES string of the molecule is Cc1cccc(/C=C/C(=O)N(C)Cc2ccccc2N2CCOCC2)c1. The summed E-state index contributed by atoms with van der Waals surface area (Å²) in [6.07, 6.45) is 3.52. The van der Waals surface area contributed by atoms with Crippen molar-refractivity contribution in [3.63, 3.8) is 0 Å². The third kappa shape index (κ3) is 4.73. The number of carbonyl (C=O) groups is 1. The number of likely N-dealkylation sites (N-methyl/N-ethyl adjacent to an activating group) is 1. The third-order valence-electron chi connectivity index (χ3n) is 4.59. The third-order valence-corrected chi connectivity index (χ3v) is 4.59. The first-order chi connectivity index (χ1) is 12.6. The van der Waals surface area contributed by atoms with Crippen LogP contribution in [-0.2, 0) is 16.1 Å². The van der Waals surface area contributed by atoms with Crippen LogP contribution in [0.25, 0.3) is 6.08 Å². The van der Waals surface area contributed by atoms with Crippen molar-refractivity contribution in [1.29, 1.82) is 0 Å². The zero-order valence-electron chi connectivity index (χ0n) is 15.5. The monoisotopic (exact) mass is 350 g/mol. The van der Waals surface area contributed by atoms with Gasteiger partial charge in [0.1, 0.15) is 0 Å². The first-order valence-corrected chi connectivity index (χ1v) is 9.04. The molecule has 2 aromatic carbocycles. The van der Waals surface area contributed by atoms with E-state index >= 15 is 0 Å². The predicted molar refractivity (Wildman–Crippen MR) is 106 cm³/mol. The quantitative estimate of drug-likeness (QED) is 0.774. The van der Waals surface area contributed by atoms with Gasteiger partial charge in [-0.1, -0.05) is 48.0 Å². The molecule has 0 radical (unpaired) electrons. The predicted octanol–water partition coefficient (Wildman–Crippen LogP) is 3.50. The zero-order valence-corrected chi connectivity index (χ0v) is 15.5. The minimum absolute atomic E-state index is 0.00304. The number of anilines is 1. The van der Waals surface area contributed by atoms with Gasteiger partial charge in [0.15, 0.2) is 0 Å². The summed E-state index contributed by atoms with van der Waals surface area (Å²) >= 11 is 0. The molecule has 0 spiro atoms. The Balaban J connectivity index is 1.67. The van der Waals surface area contributed by atoms with Gasteiger partial charge >= 0.3 is 0 Å². The number of morpholine rings is 1. The number of para-hydroxylation sites is 1. The molecule has 0 N–H and O–H groups in total. The van der Waals surface area contributed by atoms with E-state index in [2.05, 4.69) is 23.1 Å². The highest BCUT2D eigenvalue weighted by molar-refractivity contribution is 5.91. The molecule has 2 aromatic rings. The summed E-state index contributed by atoms with van der Waals surface area (Å²) in [6.45, 7) is 5.92. The molecule has 1 fully saturated rings. The first kappa shape index (κ1) is 18.2. The van der Waals surface area contributed by atoms with Gasteiger partial charge in [-0.15, -0.1) is 0 Å². The molecule has 3 rings (SSSR count). The maximum atomic E-state index is 12.5. The van der Waals surface area contributed by atoms with Gasteiger partial charge in [-0.2, -0.15) is 0 Å². The van der Waals surface area contributed by atoms with Crippen LogP contribution in [0.5, 0.6) is 0 Å². The number of nitrogens with zero attached hydrogens (tertiary/aromatic N) is 2. The average molecular weight is 350 g/mol. The Labute approximate surface area is 155 Å². The number of amides is 1. The lowest BCUT2D eigenvalue weighted by atomic mass is 10.1. The number of rotatable bonds is 5. The second-order valence-electron chi connectivity index (χ2n) is 6.67. The van der Waals surface area contributed by atoms with E-state index in [1.54, 1.807) is 11.0 Å². The highest BCUT2D eigenvalue weighted by Crippen LogP contribution is 2.22. The molecule has 0 bridgehead atoms. The molecule has 0 unspecified atom stereocenters. The standard InChI is InChI=1S/C22H26N2O2/c1-18-6-5-7-19(16-18)10-11-22(25)23(2)17-20-8-3-4-9-21(20)24-12-14-26-15-13-24/h3-11,16H,12-15,17H2,1-2H3/b11-10+. The van der Waals surface area contributed by atoms with Crippen molar-refractivity contribution in [3.05, 3.63) is 71.3 Å². The normalized spacial score (nSPS) is 14.6. The Hall–Kier alpha value is -2.59. The smallest absolute Gasteiger partial charge is 0.246 e. The van der Waals surface area contributed by atoms with E-state index in [-0.39, 0.29) is 5.91 Å². The van der Waals surface area contributed by atoms with Crippen molar-refractivity contribution in [2.75, 3.05) is 38.3 Å². The van der Waals surface area contributed by atoms with Crippen molar-refractivity contribution in [1.82, 2.24) is 4.90 Å². The number of aryl methyl sites for hydroxylation is 1. The maximum absolute atomic E-state index is 12.5. The van der Waals surface area contributed by atoms with Crippen molar-refractivity contribution < 1.29 is 9.53 Å². The van der Waals surface area contributed by atoms with Gasteiger partial charge in [-0.25, -0.2) is 0 Å². The van der Waals surface area contributed by atoms with Gasteiger partial charge in [0.05, 0.1) is 13.2 Å². The van der Waals surface area contributed by atoms with E-state index in [0.717, 1.165) is 37.4 Å². The first-order valence-electron chi connectivity index (χ1n) is 9.04. The zero-order chi connectivity index (χ0) is 18.4. The molecule has 136 valence electrons. The average Bonchev–Trinajstić information content (AvgIpc) is 2.67. The fraction of sp³-hybridized carbons (Fsp3) is 0.318. The van der Waals surface area contributed by atoms with Crippen LogP contribution in [0.4, 0.5) is 5.69 Å². The Morgan fingerprint density at radius 3 is 2.69 bits per heavy atom. The molecule has 4 nitrogen and oxygen atoms in total. The van der Waals surface area contributed by atoms with Crippen LogP contribution in [0.15, 0.2) is 54.6 Å². The molecule has 1 heterocycles. The molecule has 1 aliphatic rings. The van der Waals surface area contributed by atoms with Gasteiger partial charge < -0.3 is 14.5 Å². The van der Waals surface area contributed by atoms with E-state index < -0.39 is 0 Å². The summed E-state index contributed by atoms with van der Waals surface area (Å²) in [5, 5.41) is 0. The number of ether oxygens (including phenoxy) is 1. The molecule has 4 heteroatoms. The van der Waals surface area contributed by atoms with Crippen molar-refractivity contribution in [2.45, 2.75) is 13.5 Å². The van der Waals surface area contributed by atoms with Crippen LogP contribution >= 0.6 is 0 Å². The molecular weight excluding hydrogens is 324 g/mol. The van der Waals surface area contributed by atoms with Gasteiger partial charge in [0.2, 0.25) is 5.91 Å². The molecule has 1 amide bonds. The van der Waals surface area contributed by atoms with Crippen molar-refractivity contribution in [3.8, 4) is 0 Å². The van der Waals surface area contributed by atoms with E-state index in [1.165, 1.54) is 11.3 Å². The summed E-state index contributed by atoms with van der Waals surface area (Å²) in [5.74, 6) is 0.00304. The number of benzene rings is 2. The topological polar surface area (TPSA) is 32.8 Å². The lowest BCUT2D eigenvalue weighted by Crippen LogP contribution is -2.37. The van der Waals surface area contributed by atoms with Crippen LogP contribution < -0.4 is 4.90 Å². The fourth-order valence-corrected chi connectivity index (χ4v) is 3.16. The largest absolute Gasteiger partial charge is 0.378 e. The lowest BCUT2D eigenvalue weighted by Gasteiger charge is -2.31. The van der Waals surface area contributed by atoms with E-state index in [4.69, 9.17) is 4.74 Å². The highest BCUT2D eigenvalue weighted by Gasteiger charge is 2.16. The molecule has 0 aliphatic carbocycles. The van der Waals surface area contributed by atoms with Gasteiger partial charge in [-0.3, -0.25) is 4.79 Å². The Bertz CT molecular complexity index is 779. The molecule has 26 heavy (non-hydrogen) atoms. The molecular formula is C22H26N2O2. The molecule has 0 atom stereocenters.